The molecule has 1 aliphatic heterocycles. The number of β-amino-alcohol motifs (C(OH)–C–C–N with tert-alkyl or cyclic N) is 1. The van der Waals surface area contributed by atoms with Crippen molar-refractivity contribution in [2.24, 2.45) is 0 Å². The molecule has 22 heavy (non-hydrogen) atoms. The Bertz CT molecular complexity index is 628. The Morgan fingerprint density at radius 1 is 1.45 bits per heavy atom. The van der Waals surface area contributed by atoms with Gasteiger partial charge in [0.05, 0.1) is 18.8 Å². The highest BCUT2D eigenvalue weighted by molar-refractivity contribution is 5.19. The maximum atomic E-state index is 13.3. The van der Waals surface area contributed by atoms with Gasteiger partial charge >= 0.3 is 0 Å². The molecule has 0 bridgehead atoms. The van der Waals surface area contributed by atoms with Crippen molar-refractivity contribution < 1.29 is 9.50 Å². The Balaban J connectivity index is 1.63. The van der Waals surface area contributed by atoms with Crippen LogP contribution >= 0.6 is 0 Å². The van der Waals surface area contributed by atoms with Gasteiger partial charge in [0.25, 0.3) is 0 Å². The highest BCUT2D eigenvalue weighted by Crippen LogP contribution is 2.23. The molecule has 4 nitrogen and oxygen atoms in total. The van der Waals surface area contributed by atoms with Crippen LogP contribution in [0.15, 0.2) is 36.7 Å². The second-order valence-corrected chi connectivity index (χ2v) is 6.10. The summed E-state index contributed by atoms with van der Waals surface area (Å²) in [7, 11) is 0. The number of aliphatic hydroxyl groups is 1. The van der Waals surface area contributed by atoms with E-state index >= 15 is 0 Å². The topological polar surface area (TPSA) is 41.3 Å². The quantitative estimate of drug-likeness (QED) is 0.923. The zero-order chi connectivity index (χ0) is 15.5. The van der Waals surface area contributed by atoms with Gasteiger partial charge in [-0.15, -0.1) is 0 Å². The van der Waals surface area contributed by atoms with E-state index in [0.717, 1.165) is 31.5 Å². The van der Waals surface area contributed by atoms with E-state index in [0.29, 0.717) is 18.2 Å². The van der Waals surface area contributed by atoms with Crippen LogP contribution in [0.5, 0.6) is 0 Å². The van der Waals surface area contributed by atoms with Gasteiger partial charge in [0.15, 0.2) is 0 Å². The minimum atomic E-state index is -0.657. The molecule has 2 aromatic rings. The van der Waals surface area contributed by atoms with Crippen LogP contribution in [0, 0.1) is 12.7 Å². The fraction of sp³-hybridized carbons (Fsp3) is 0.471. The summed E-state index contributed by atoms with van der Waals surface area (Å²) >= 11 is 0. The first-order valence-electron chi connectivity index (χ1n) is 7.78. The number of likely N-dealkylation sites (tertiary alicyclic amines) is 1. The molecule has 3 rings (SSSR count). The van der Waals surface area contributed by atoms with Crippen LogP contribution in [-0.2, 0) is 6.54 Å². The molecule has 0 radical (unpaired) electrons. The van der Waals surface area contributed by atoms with Gasteiger partial charge in [0.1, 0.15) is 5.82 Å². The Hall–Kier alpha value is -1.72. The molecule has 0 spiro atoms. The number of hydrogen-bond donors (Lipinski definition) is 1. The van der Waals surface area contributed by atoms with Crippen LogP contribution in [-0.4, -0.2) is 38.9 Å². The number of halogens is 1. The van der Waals surface area contributed by atoms with Gasteiger partial charge in [-0.25, -0.2) is 4.39 Å². The fourth-order valence-electron chi connectivity index (χ4n) is 3.17. The molecule has 1 fully saturated rings. The van der Waals surface area contributed by atoms with Crippen LogP contribution in [0.4, 0.5) is 4.39 Å². The molecule has 118 valence electrons. The van der Waals surface area contributed by atoms with E-state index in [2.05, 4.69) is 10.00 Å². The Labute approximate surface area is 130 Å². The lowest BCUT2D eigenvalue weighted by molar-refractivity contribution is 0.100. The van der Waals surface area contributed by atoms with E-state index in [9.17, 15) is 9.50 Å². The number of aliphatic hydroxyl groups excluding tert-OH is 1. The Kier molecular flexibility index (Phi) is 4.55. The van der Waals surface area contributed by atoms with Gasteiger partial charge in [-0.3, -0.25) is 9.58 Å². The second-order valence-electron chi connectivity index (χ2n) is 6.10. The van der Waals surface area contributed by atoms with Crippen LogP contribution in [0.2, 0.25) is 0 Å². The minimum absolute atomic E-state index is 0.304. The van der Waals surface area contributed by atoms with Crippen molar-refractivity contribution in [3.05, 3.63) is 53.6 Å². The van der Waals surface area contributed by atoms with Crippen molar-refractivity contribution in [2.75, 3.05) is 13.1 Å². The average Bonchev–Trinajstić information content (AvgIpc) is 3.09. The number of nitrogens with zero attached hydrogens (tertiary/aromatic N) is 3. The number of aromatic nitrogens is 2. The first kappa shape index (κ1) is 15.2. The minimum Gasteiger partial charge on any atom is -0.387 e. The lowest BCUT2D eigenvalue weighted by Gasteiger charge is -2.27. The summed E-state index contributed by atoms with van der Waals surface area (Å²) in [6.45, 7) is 4.37. The van der Waals surface area contributed by atoms with E-state index in [1.54, 1.807) is 12.1 Å². The molecule has 1 saturated heterocycles. The standard InChI is InChI=1S/C17H22FN3O/c1-13-9-19-21(10-13)11-16-6-3-7-20(16)12-17(22)14-4-2-5-15(18)8-14/h2,4-5,8-10,16-17,22H,3,6-7,11-12H2,1H3/t16-,17+/m0/s1. The molecule has 0 unspecified atom stereocenters. The summed E-state index contributed by atoms with van der Waals surface area (Å²) in [5.41, 5.74) is 1.80. The van der Waals surface area contributed by atoms with E-state index in [-0.39, 0.29) is 5.82 Å². The van der Waals surface area contributed by atoms with Crippen LogP contribution in [0.25, 0.3) is 0 Å². The third kappa shape index (κ3) is 3.54. The molecular weight excluding hydrogens is 281 g/mol. The van der Waals surface area contributed by atoms with Gasteiger partial charge in [-0.1, -0.05) is 12.1 Å². The van der Waals surface area contributed by atoms with Crippen molar-refractivity contribution in [3.63, 3.8) is 0 Å². The maximum Gasteiger partial charge on any atom is 0.123 e. The van der Waals surface area contributed by atoms with Gasteiger partial charge in [0, 0.05) is 18.8 Å². The smallest absolute Gasteiger partial charge is 0.123 e. The van der Waals surface area contributed by atoms with Crippen molar-refractivity contribution in [3.8, 4) is 0 Å². The Morgan fingerprint density at radius 2 is 2.32 bits per heavy atom. The molecule has 1 aromatic heterocycles. The number of aryl methyl sites for hydroxylation is 1. The lowest BCUT2D eigenvalue weighted by atomic mass is 10.1. The highest BCUT2D eigenvalue weighted by atomic mass is 19.1. The van der Waals surface area contributed by atoms with E-state index in [4.69, 9.17) is 0 Å². The first-order valence-corrected chi connectivity index (χ1v) is 7.78. The van der Waals surface area contributed by atoms with Gasteiger partial charge in [-0.2, -0.15) is 5.10 Å². The fourth-order valence-corrected chi connectivity index (χ4v) is 3.17. The third-order valence-electron chi connectivity index (χ3n) is 4.30. The summed E-state index contributed by atoms with van der Waals surface area (Å²) in [6.07, 6.45) is 5.48. The zero-order valence-electron chi connectivity index (χ0n) is 12.8. The van der Waals surface area contributed by atoms with E-state index < -0.39 is 6.10 Å². The summed E-state index contributed by atoms with van der Waals surface area (Å²) in [5.74, 6) is -0.304. The third-order valence-corrected chi connectivity index (χ3v) is 4.30. The molecular formula is C17H22FN3O. The SMILES string of the molecule is Cc1cnn(C[C@@H]2CCCN2C[C@@H](O)c2cccc(F)c2)c1. The molecule has 1 aromatic carbocycles. The summed E-state index contributed by atoms with van der Waals surface area (Å²) in [5, 5.41) is 14.7. The second kappa shape index (κ2) is 6.58. The number of benzene rings is 1. The van der Waals surface area contributed by atoms with Crippen LogP contribution < -0.4 is 0 Å². The van der Waals surface area contributed by atoms with Gasteiger partial charge in [-0.05, 0) is 49.6 Å². The van der Waals surface area contributed by atoms with Crippen LogP contribution in [0.3, 0.4) is 0 Å². The average molecular weight is 303 g/mol. The van der Waals surface area contributed by atoms with E-state index in [1.165, 1.54) is 12.1 Å². The predicted octanol–water partition coefficient (Wildman–Crippen LogP) is 2.53. The summed E-state index contributed by atoms with van der Waals surface area (Å²) in [6, 6.07) is 6.60. The summed E-state index contributed by atoms with van der Waals surface area (Å²) in [4.78, 5) is 2.28. The predicted molar refractivity (Wildman–Crippen MR) is 82.9 cm³/mol. The molecule has 1 aliphatic rings. The van der Waals surface area contributed by atoms with Crippen molar-refractivity contribution in [1.29, 1.82) is 0 Å². The molecule has 0 aliphatic carbocycles. The first-order chi connectivity index (χ1) is 10.6. The van der Waals surface area contributed by atoms with Crippen molar-refractivity contribution in [2.45, 2.75) is 38.5 Å². The normalized spacial score (nSPS) is 20.4. The van der Waals surface area contributed by atoms with E-state index in [1.807, 2.05) is 24.0 Å². The highest BCUT2D eigenvalue weighted by Gasteiger charge is 2.27. The van der Waals surface area contributed by atoms with Crippen molar-refractivity contribution in [1.82, 2.24) is 14.7 Å². The maximum absolute atomic E-state index is 13.3. The Morgan fingerprint density at radius 3 is 3.05 bits per heavy atom. The molecule has 1 N–H and O–H groups in total. The molecule has 2 atom stereocenters. The van der Waals surface area contributed by atoms with Crippen molar-refractivity contribution >= 4 is 0 Å². The molecule has 0 saturated carbocycles. The molecule has 5 heteroatoms. The van der Waals surface area contributed by atoms with Crippen LogP contribution in [0.1, 0.15) is 30.1 Å². The number of hydrogen-bond acceptors (Lipinski definition) is 3. The monoisotopic (exact) mass is 303 g/mol. The lowest BCUT2D eigenvalue weighted by Crippen LogP contribution is -2.36. The summed E-state index contributed by atoms with van der Waals surface area (Å²) < 4.78 is 15.2. The number of rotatable bonds is 5. The van der Waals surface area contributed by atoms with Gasteiger partial charge < -0.3 is 5.11 Å². The molecule has 0 amide bonds. The zero-order valence-corrected chi connectivity index (χ0v) is 12.8. The largest absolute Gasteiger partial charge is 0.387 e. The molecule has 2 heterocycles. The van der Waals surface area contributed by atoms with Gasteiger partial charge in [0.2, 0.25) is 0 Å².